The van der Waals surface area contributed by atoms with Gasteiger partial charge in [0, 0.05) is 24.7 Å². The van der Waals surface area contributed by atoms with Gasteiger partial charge in [0.25, 0.3) is 0 Å². The molecule has 8 heteroatoms. The number of ketones is 1. The predicted molar refractivity (Wildman–Crippen MR) is 81.5 cm³/mol. The van der Waals surface area contributed by atoms with Crippen LogP contribution in [0.3, 0.4) is 0 Å². The van der Waals surface area contributed by atoms with E-state index in [0.717, 1.165) is 25.9 Å². The van der Waals surface area contributed by atoms with Gasteiger partial charge in [0.05, 0.1) is 14.2 Å². The molecule has 1 fully saturated rings. The third kappa shape index (κ3) is 4.18. The van der Waals surface area contributed by atoms with Gasteiger partial charge in [-0.1, -0.05) is 5.22 Å². The van der Waals surface area contributed by atoms with E-state index < -0.39 is 18.2 Å². The van der Waals surface area contributed by atoms with E-state index in [4.69, 9.17) is 14.6 Å². The third-order valence-electron chi connectivity index (χ3n) is 3.48. The van der Waals surface area contributed by atoms with Crippen molar-refractivity contribution in [2.24, 2.45) is 10.3 Å². The molecule has 0 saturated carbocycles. The summed E-state index contributed by atoms with van der Waals surface area (Å²) < 4.78 is 10.4. The first-order valence-corrected chi connectivity index (χ1v) is 7.22. The number of carboxylic acid groups (broad SMARTS) is 1. The quantitative estimate of drug-likeness (QED) is 0.470. The summed E-state index contributed by atoms with van der Waals surface area (Å²) in [5.74, 6) is -1.03. The lowest BCUT2D eigenvalue weighted by Gasteiger charge is -2.12. The third-order valence-corrected chi connectivity index (χ3v) is 3.48. The minimum atomic E-state index is -1.20. The van der Waals surface area contributed by atoms with Gasteiger partial charge in [-0.15, -0.1) is 5.11 Å². The molecule has 0 aliphatic carbocycles. The molecule has 1 aliphatic rings. The van der Waals surface area contributed by atoms with E-state index in [9.17, 15) is 9.59 Å². The number of nitrogens with zero attached hydrogens (tertiary/aromatic N) is 3. The summed E-state index contributed by atoms with van der Waals surface area (Å²) in [5, 5.41) is 18.8. The zero-order chi connectivity index (χ0) is 16.8. The molecule has 0 amide bonds. The summed E-state index contributed by atoms with van der Waals surface area (Å²) in [6.07, 6.45) is 1.48. The summed E-state index contributed by atoms with van der Waals surface area (Å²) >= 11 is 0. The Morgan fingerprint density at radius 1 is 1.17 bits per heavy atom. The molecule has 124 valence electrons. The largest absolute Gasteiger partial charge is 0.493 e. The van der Waals surface area contributed by atoms with Crippen LogP contribution in [0.25, 0.3) is 0 Å². The number of hydrogen-bond donors (Lipinski definition) is 1. The van der Waals surface area contributed by atoms with Crippen molar-refractivity contribution in [3.63, 3.8) is 0 Å². The van der Waals surface area contributed by atoms with Crippen LogP contribution in [0, 0.1) is 0 Å². The lowest BCUT2D eigenvalue weighted by atomic mass is 10.1. The maximum absolute atomic E-state index is 12.1. The SMILES string of the molecule is COc1cc(N=NN2CCCC2)c(C(=O)CC(=O)O)cc1OC. The van der Waals surface area contributed by atoms with Crippen molar-refractivity contribution in [3.8, 4) is 11.5 Å². The van der Waals surface area contributed by atoms with Gasteiger partial charge < -0.3 is 14.6 Å². The fourth-order valence-corrected chi connectivity index (χ4v) is 2.31. The lowest BCUT2D eigenvalue weighted by Crippen LogP contribution is -2.10. The van der Waals surface area contributed by atoms with Gasteiger partial charge >= 0.3 is 5.97 Å². The Hall–Kier alpha value is -2.64. The van der Waals surface area contributed by atoms with Gasteiger partial charge in [-0.3, -0.25) is 14.6 Å². The molecule has 0 radical (unpaired) electrons. The zero-order valence-electron chi connectivity index (χ0n) is 13.1. The molecule has 1 N–H and O–H groups in total. The van der Waals surface area contributed by atoms with Crippen molar-refractivity contribution in [1.29, 1.82) is 0 Å². The Morgan fingerprint density at radius 2 is 1.78 bits per heavy atom. The molecular formula is C15H19N3O5. The summed E-state index contributed by atoms with van der Waals surface area (Å²) in [7, 11) is 2.91. The summed E-state index contributed by atoms with van der Waals surface area (Å²) in [6, 6.07) is 2.95. The first-order chi connectivity index (χ1) is 11.0. The van der Waals surface area contributed by atoms with Crippen LogP contribution < -0.4 is 9.47 Å². The van der Waals surface area contributed by atoms with E-state index in [-0.39, 0.29) is 11.3 Å². The Bertz CT molecular complexity index is 624. The predicted octanol–water partition coefficient (Wildman–Crippen LogP) is 2.46. The highest BCUT2D eigenvalue weighted by atomic mass is 16.5. The highest BCUT2D eigenvalue weighted by Gasteiger charge is 2.19. The van der Waals surface area contributed by atoms with Crippen LogP contribution in [0.1, 0.15) is 29.6 Å². The molecule has 0 atom stereocenters. The van der Waals surface area contributed by atoms with Gasteiger partial charge in [0.15, 0.2) is 17.3 Å². The smallest absolute Gasteiger partial charge is 0.311 e. The molecule has 1 aromatic carbocycles. The zero-order valence-corrected chi connectivity index (χ0v) is 13.1. The molecular weight excluding hydrogens is 302 g/mol. The van der Waals surface area contributed by atoms with Crippen LogP contribution in [0.15, 0.2) is 22.5 Å². The molecule has 1 heterocycles. The van der Waals surface area contributed by atoms with Gasteiger partial charge in [-0.2, -0.15) is 0 Å². The van der Waals surface area contributed by atoms with E-state index in [1.807, 2.05) is 5.01 Å². The van der Waals surface area contributed by atoms with Crippen molar-refractivity contribution in [2.45, 2.75) is 19.3 Å². The van der Waals surface area contributed by atoms with E-state index in [1.165, 1.54) is 26.4 Å². The van der Waals surface area contributed by atoms with E-state index in [0.29, 0.717) is 11.5 Å². The second kappa shape index (κ2) is 7.57. The van der Waals surface area contributed by atoms with Gasteiger partial charge in [-0.25, -0.2) is 0 Å². The number of Topliss-reactive ketones (excluding diaryl/α,β-unsaturated/α-hetero) is 1. The maximum Gasteiger partial charge on any atom is 0.311 e. The number of rotatable bonds is 7. The van der Waals surface area contributed by atoms with Gasteiger partial charge in [0.1, 0.15) is 12.1 Å². The molecule has 0 bridgehead atoms. The molecule has 1 aromatic rings. The monoisotopic (exact) mass is 321 g/mol. The highest BCUT2D eigenvalue weighted by molar-refractivity contribution is 6.08. The average molecular weight is 321 g/mol. The number of benzene rings is 1. The number of carbonyl (C=O) groups is 2. The Balaban J connectivity index is 2.38. The first kappa shape index (κ1) is 16.7. The van der Waals surface area contributed by atoms with E-state index in [1.54, 1.807) is 0 Å². The molecule has 0 spiro atoms. The second-order valence-corrected chi connectivity index (χ2v) is 5.07. The fraction of sp³-hybridized carbons (Fsp3) is 0.467. The van der Waals surface area contributed by atoms with Crippen molar-refractivity contribution in [3.05, 3.63) is 17.7 Å². The van der Waals surface area contributed by atoms with Crippen LogP contribution in [0.5, 0.6) is 11.5 Å². The molecule has 23 heavy (non-hydrogen) atoms. The van der Waals surface area contributed by atoms with E-state index in [2.05, 4.69) is 10.3 Å². The van der Waals surface area contributed by atoms with Gasteiger partial charge in [0.2, 0.25) is 0 Å². The number of methoxy groups -OCH3 is 2. The lowest BCUT2D eigenvalue weighted by molar-refractivity contribution is -0.135. The summed E-state index contributed by atoms with van der Waals surface area (Å²) in [6.45, 7) is 1.63. The highest BCUT2D eigenvalue weighted by Crippen LogP contribution is 2.35. The van der Waals surface area contributed by atoms with Crippen LogP contribution in [-0.4, -0.2) is 49.2 Å². The number of carboxylic acids is 1. The molecule has 0 aromatic heterocycles. The molecule has 1 saturated heterocycles. The first-order valence-electron chi connectivity index (χ1n) is 7.22. The normalized spacial score (nSPS) is 14.3. The van der Waals surface area contributed by atoms with Crippen LogP contribution in [0.2, 0.25) is 0 Å². The standard InChI is InChI=1S/C15H19N3O5/c1-22-13-7-10(12(19)9-15(20)21)11(8-14(13)23-2)16-17-18-5-3-4-6-18/h7-8H,3-6,9H2,1-2H3,(H,20,21). The van der Waals surface area contributed by atoms with Crippen molar-refractivity contribution < 1.29 is 24.2 Å². The van der Waals surface area contributed by atoms with Gasteiger partial charge in [-0.05, 0) is 18.9 Å². The minimum absolute atomic E-state index is 0.146. The van der Waals surface area contributed by atoms with Crippen LogP contribution >= 0.6 is 0 Å². The molecule has 2 rings (SSSR count). The molecule has 8 nitrogen and oxygen atoms in total. The number of aliphatic carboxylic acids is 1. The number of hydrogen-bond acceptors (Lipinski definition) is 6. The molecule has 0 unspecified atom stereocenters. The Morgan fingerprint density at radius 3 is 2.35 bits per heavy atom. The molecule has 1 aliphatic heterocycles. The van der Waals surface area contributed by atoms with Crippen molar-refractivity contribution >= 4 is 17.4 Å². The number of carbonyl (C=O) groups excluding carboxylic acids is 1. The average Bonchev–Trinajstić information content (AvgIpc) is 3.04. The second-order valence-electron chi connectivity index (χ2n) is 5.07. The van der Waals surface area contributed by atoms with E-state index >= 15 is 0 Å². The topological polar surface area (TPSA) is 101 Å². The van der Waals surface area contributed by atoms with Crippen molar-refractivity contribution in [2.75, 3.05) is 27.3 Å². The number of ether oxygens (including phenoxy) is 2. The maximum atomic E-state index is 12.1. The van der Waals surface area contributed by atoms with Crippen LogP contribution in [-0.2, 0) is 4.79 Å². The summed E-state index contributed by atoms with van der Waals surface area (Å²) in [5.41, 5.74) is 0.411. The Kier molecular flexibility index (Phi) is 5.51. The van der Waals surface area contributed by atoms with Crippen molar-refractivity contribution in [1.82, 2.24) is 5.01 Å². The minimum Gasteiger partial charge on any atom is -0.493 e. The summed E-state index contributed by atoms with van der Waals surface area (Å²) in [4.78, 5) is 22.9. The fourth-order valence-electron chi connectivity index (χ4n) is 2.31. The van der Waals surface area contributed by atoms with Crippen LogP contribution in [0.4, 0.5) is 5.69 Å². The Labute approximate surface area is 133 Å².